The Hall–Kier alpha value is -0.540. The monoisotopic (exact) mass is 278 g/mol. The highest BCUT2D eigenvalue weighted by Gasteiger charge is 2.18. The summed E-state index contributed by atoms with van der Waals surface area (Å²) in [5, 5.41) is 5.54. The minimum Gasteiger partial charge on any atom is -0.308 e. The van der Waals surface area contributed by atoms with Crippen molar-refractivity contribution in [3.05, 3.63) is 23.4 Å². The lowest BCUT2D eigenvalue weighted by Crippen LogP contribution is -2.35. The fourth-order valence-electron chi connectivity index (χ4n) is 2.37. The Morgan fingerprint density at radius 2 is 2.00 bits per heavy atom. The van der Waals surface area contributed by atoms with Crippen LogP contribution in [0.1, 0.15) is 57.6 Å². The van der Waals surface area contributed by atoms with Gasteiger partial charge in [-0.25, -0.2) is 4.98 Å². The van der Waals surface area contributed by atoms with Gasteiger partial charge in [0, 0.05) is 23.5 Å². The number of nitrogens with zero attached hydrogens (tertiary/aromatic N) is 1. The molecule has 0 spiro atoms. The van der Waals surface area contributed by atoms with Crippen LogP contribution in [0.15, 0.2) is 17.3 Å². The summed E-state index contributed by atoms with van der Waals surface area (Å²) in [5.41, 5.74) is 2.76. The Kier molecular flexibility index (Phi) is 4.91. The average Bonchev–Trinajstić information content (AvgIpc) is 2.81. The highest BCUT2D eigenvalue weighted by atomic mass is 32.2. The molecule has 19 heavy (non-hydrogen) atoms. The first-order chi connectivity index (χ1) is 8.94. The summed E-state index contributed by atoms with van der Waals surface area (Å²) in [5.74, 6) is 0. The molecule has 2 nitrogen and oxygen atoms in total. The molecule has 0 unspecified atom stereocenters. The van der Waals surface area contributed by atoms with Gasteiger partial charge in [0.05, 0.1) is 5.03 Å². The maximum Gasteiger partial charge on any atom is 0.0991 e. The topological polar surface area (TPSA) is 24.9 Å². The van der Waals surface area contributed by atoms with Crippen molar-refractivity contribution in [2.45, 2.75) is 75.7 Å². The number of nitrogens with one attached hydrogen (secondary N) is 1. The van der Waals surface area contributed by atoms with Crippen molar-refractivity contribution in [2.24, 2.45) is 0 Å². The molecule has 2 rings (SSSR count). The fourth-order valence-corrected chi connectivity index (χ4v) is 3.61. The zero-order chi connectivity index (χ0) is 13.9. The molecule has 0 amide bonds. The van der Waals surface area contributed by atoms with E-state index >= 15 is 0 Å². The average molecular weight is 278 g/mol. The second kappa shape index (κ2) is 6.27. The maximum absolute atomic E-state index is 4.67. The van der Waals surface area contributed by atoms with Crippen molar-refractivity contribution in [2.75, 3.05) is 0 Å². The standard InChI is InChI=1S/C16H26N2S/c1-12-9-13(11-18-16(2,3)4)10-17-15(12)19-14-7-5-6-8-14/h9-10,14,18H,5-8,11H2,1-4H3. The molecule has 1 aromatic heterocycles. The van der Waals surface area contributed by atoms with Gasteiger partial charge >= 0.3 is 0 Å². The molecular formula is C16H26N2S. The zero-order valence-corrected chi connectivity index (χ0v) is 13.4. The van der Waals surface area contributed by atoms with Crippen LogP contribution < -0.4 is 5.32 Å². The van der Waals surface area contributed by atoms with Gasteiger partial charge in [-0.3, -0.25) is 0 Å². The van der Waals surface area contributed by atoms with Gasteiger partial charge in [-0.1, -0.05) is 18.9 Å². The highest BCUT2D eigenvalue weighted by molar-refractivity contribution is 7.99. The van der Waals surface area contributed by atoms with E-state index in [2.05, 4.69) is 44.1 Å². The molecule has 0 saturated heterocycles. The van der Waals surface area contributed by atoms with E-state index in [9.17, 15) is 0 Å². The number of hydrogen-bond donors (Lipinski definition) is 1. The molecule has 0 atom stereocenters. The van der Waals surface area contributed by atoms with Crippen LogP contribution in [0.5, 0.6) is 0 Å². The first-order valence-electron chi connectivity index (χ1n) is 7.31. The lowest BCUT2D eigenvalue weighted by atomic mass is 10.1. The molecule has 3 heteroatoms. The van der Waals surface area contributed by atoms with Gasteiger partial charge in [-0.2, -0.15) is 0 Å². The van der Waals surface area contributed by atoms with E-state index in [1.807, 2.05) is 18.0 Å². The van der Waals surface area contributed by atoms with Crippen molar-refractivity contribution in [3.63, 3.8) is 0 Å². The molecule has 1 heterocycles. The summed E-state index contributed by atoms with van der Waals surface area (Å²) in [4.78, 5) is 4.67. The van der Waals surface area contributed by atoms with E-state index in [1.165, 1.54) is 41.8 Å². The summed E-state index contributed by atoms with van der Waals surface area (Å²) in [6.07, 6.45) is 7.54. The van der Waals surface area contributed by atoms with E-state index < -0.39 is 0 Å². The Balaban J connectivity index is 1.96. The third-order valence-electron chi connectivity index (χ3n) is 3.49. The summed E-state index contributed by atoms with van der Waals surface area (Å²) in [6, 6.07) is 2.28. The van der Waals surface area contributed by atoms with Crippen LogP contribution in [0.2, 0.25) is 0 Å². The van der Waals surface area contributed by atoms with Crippen molar-refractivity contribution < 1.29 is 0 Å². The van der Waals surface area contributed by atoms with Gasteiger partial charge in [-0.15, -0.1) is 11.8 Å². The normalized spacial score (nSPS) is 17.1. The summed E-state index contributed by atoms with van der Waals surface area (Å²) in [7, 11) is 0. The molecule has 1 aliphatic rings. The molecule has 1 fully saturated rings. The second-order valence-corrected chi connectivity index (χ2v) is 7.88. The van der Waals surface area contributed by atoms with Crippen LogP contribution in [0.3, 0.4) is 0 Å². The summed E-state index contributed by atoms with van der Waals surface area (Å²) in [6.45, 7) is 9.66. The smallest absolute Gasteiger partial charge is 0.0991 e. The molecule has 1 saturated carbocycles. The van der Waals surface area contributed by atoms with Crippen LogP contribution in [0, 0.1) is 6.92 Å². The molecule has 1 aromatic rings. The van der Waals surface area contributed by atoms with Crippen LogP contribution in [-0.4, -0.2) is 15.8 Å². The minimum absolute atomic E-state index is 0.158. The van der Waals surface area contributed by atoms with Crippen molar-refractivity contribution in [1.29, 1.82) is 0 Å². The number of aryl methyl sites for hydroxylation is 1. The zero-order valence-electron chi connectivity index (χ0n) is 12.6. The number of pyridine rings is 1. The van der Waals surface area contributed by atoms with Crippen molar-refractivity contribution in [1.82, 2.24) is 10.3 Å². The fraction of sp³-hybridized carbons (Fsp3) is 0.688. The van der Waals surface area contributed by atoms with Crippen LogP contribution in [-0.2, 0) is 6.54 Å². The highest BCUT2D eigenvalue weighted by Crippen LogP contribution is 2.35. The van der Waals surface area contributed by atoms with Gasteiger partial charge in [0.25, 0.3) is 0 Å². The largest absolute Gasteiger partial charge is 0.308 e. The van der Waals surface area contributed by atoms with Crippen LogP contribution in [0.4, 0.5) is 0 Å². The lowest BCUT2D eigenvalue weighted by Gasteiger charge is -2.20. The molecular weight excluding hydrogens is 252 g/mol. The minimum atomic E-state index is 0.158. The molecule has 0 aliphatic heterocycles. The van der Waals surface area contributed by atoms with E-state index in [0.717, 1.165) is 11.8 Å². The molecule has 0 aromatic carbocycles. The van der Waals surface area contributed by atoms with Crippen molar-refractivity contribution >= 4 is 11.8 Å². The first kappa shape index (κ1) is 14.9. The van der Waals surface area contributed by atoms with Crippen molar-refractivity contribution in [3.8, 4) is 0 Å². The van der Waals surface area contributed by atoms with E-state index in [1.54, 1.807) is 0 Å². The van der Waals surface area contributed by atoms with E-state index in [0.29, 0.717) is 0 Å². The SMILES string of the molecule is Cc1cc(CNC(C)(C)C)cnc1SC1CCCC1. The van der Waals surface area contributed by atoms with Gasteiger partial charge in [0.2, 0.25) is 0 Å². The predicted octanol–water partition coefficient (Wildman–Crippen LogP) is 4.31. The van der Waals surface area contributed by atoms with Gasteiger partial charge in [0.1, 0.15) is 0 Å². The second-order valence-electron chi connectivity index (χ2n) is 6.59. The lowest BCUT2D eigenvalue weighted by molar-refractivity contribution is 0.424. The Morgan fingerprint density at radius 3 is 2.58 bits per heavy atom. The molecule has 0 bridgehead atoms. The third-order valence-corrected chi connectivity index (χ3v) is 4.95. The number of thioether (sulfide) groups is 1. The van der Waals surface area contributed by atoms with Crippen LogP contribution in [0.25, 0.3) is 0 Å². The number of rotatable bonds is 4. The predicted molar refractivity (Wildman–Crippen MR) is 83.7 cm³/mol. The molecule has 1 aliphatic carbocycles. The Labute approximate surface area is 121 Å². The van der Waals surface area contributed by atoms with Gasteiger partial charge in [-0.05, 0) is 51.7 Å². The Bertz CT molecular complexity index is 417. The number of hydrogen-bond acceptors (Lipinski definition) is 3. The van der Waals surface area contributed by atoms with E-state index in [4.69, 9.17) is 0 Å². The Morgan fingerprint density at radius 1 is 1.32 bits per heavy atom. The molecule has 0 radical (unpaired) electrons. The van der Waals surface area contributed by atoms with Crippen LogP contribution >= 0.6 is 11.8 Å². The van der Waals surface area contributed by atoms with Gasteiger partial charge < -0.3 is 5.32 Å². The third kappa shape index (κ3) is 4.81. The van der Waals surface area contributed by atoms with Gasteiger partial charge in [0.15, 0.2) is 0 Å². The summed E-state index contributed by atoms with van der Waals surface area (Å²) >= 11 is 1.98. The van der Waals surface area contributed by atoms with E-state index in [-0.39, 0.29) is 5.54 Å². The molecule has 1 N–H and O–H groups in total. The quantitative estimate of drug-likeness (QED) is 0.888. The number of aromatic nitrogens is 1. The maximum atomic E-state index is 4.67. The summed E-state index contributed by atoms with van der Waals surface area (Å²) < 4.78 is 0. The first-order valence-corrected chi connectivity index (χ1v) is 8.19. The molecule has 106 valence electrons.